The molecule has 0 heterocycles. The molecule has 0 spiro atoms. The molecule has 0 aromatic heterocycles. The fourth-order valence-electron chi connectivity index (χ4n) is 0.760. The number of thiocarbonyl (C=S) groups is 1. The summed E-state index contributed by atoms with van der Waals surface area (Å²) >= 11 is 4.64. The Labute approximate surface area is 73.3 Å². The van der Waals surface area contributed by atoms with E-state index in [1.165, 1.54) is 0 Å². The van der Waals surface area contributed by atoms with Gasteiger partial charge >= 0.3 is 0 Å². The summed E-state index contributed by atoms with van der Waals surface area (Å²) in [6.45, 7) is 1.71. The standard InChI is InChI=1S/C7H16N2OS/c1-10-6-4-2-3-5-9-7(8)11/h2-6H2,1H3,(H3,8,9,11). The van der Waals surface area contributed by atoms with Crippen LogP contribution in [0.15, 0.2) is 0 Å². The molecular formula is C7H16N2OS. The maximum absolute atomic E-state index is 5.23. The van der Waals surface area contributed by atoms with Crippen molar-refractivity contribution >= 4 is 17.3 Å². The van der Waals surface area contributed by atoms with Gasteiger partial charge in [-0.05, 0) is 31.5 Å². The van der Waals surface area contributed by atoms with E-state index < -0.39 is 0 Å². The summed E-state index contributed by atoms with van der Waals surface area (Å²) in [5.74, 6) is 0. The summed E-state index contributed by atoms with van der Waals surface area (Å²) in [4.78, 5) is 0. The van der Waals surface area contributed by atoms with Gasteiger partial charge in [-0.2, -0.15) is 0 Å². The zero-order valence-electron chi connectivity index (χ0n) is 6.93. The van der Waals surface area contributed by atoms with Crippen LogP contribution < -0.4 is 11.1 Å². The predicted molar refractivity (Wildman–Crippen MR) is 50.5 cm³/mol. The largest absolute Gasteiger partial charge is 0.385 e. The normalized spacial score (nSPS) is 9.55. The molecular weight excluding hydrogens is 160 g/mol. The summed E-state index contributed by atoms with van der Waals surface area (Å²) in [5, 5.41) is 3.28. The molecule has 0 aromatic carbocycles. The van der Waals surface area contributed by atoms with Gasteiger partial charge in [0.2, 0.25) is 0 Å². The molecule has 11 heavy (non-hydrogen) atoms. The fourth-order valence-corrected chi connectivity index (χ4v) is 0.862. The highest BCUT2D eigenvalue weighted by atomic mass is 32.1. The van der Waals surface area contributed by atoms with Crippen LogP contribution in [-0.4, -0.2) is 25.4 Å². The van der Waals surface area contributed by atoms with Crippen LogP contribution in [0.4, 0.5) is 0 Å². The van der Waals surface area contributed by atoms with Crippen LogP contribution in [-0.2, 0) is 4.74 Å². The highest BCUT2D eigenvalue weighted by molar-refractivity contribution is 7.80. The highest BCUT2D eigenvalue weighted by Gasteiger charge is 1.89. The van der Waals surface area contributed by atoms with E-state index in [1.807, 2.05) is 0 Å². The average Bonchev–Trinajstić information content (AvgIpc) is 1.96. The Morgan fingerprint density at radius 2 is 2.18 bits per heavy atom. The second kappa shape index (κ2) is 7.75. The Kier molecular flexibility index (Phi) is 7.51. The number of nitrogens with one attached hydrogen (secondary N) is 1. The SMILES string of the molecule is COCCCCCNC(N)=S. The number of nitrogens with two attached hydrogens (primary N) is 1. The molecule has 0 aliphatic carbocycles. The van der Waals surface area contributed by atoms with E-state index >= 15 is 0 Å². The topological polar surface area (TPSA) is 47.3 Å². The zero-order chi connectivity index (χ0) is 8.53. The van der Waals surface area contributed by atoms with Gasteiger partial charge in [-0.15, -0.1) is 0 Å². The lowest BCUT2D eigenvalue weighted by molar-refractivity contribution is 0.192. The quantitative estimate of drug-likeness (QED) is 0.460. The van der Waals surface area contributed by atoms with Gasteiger partial charge in [0.05, 0.1) is 0 Å². The lowest BCUT2D eigenvalue weighted by atomic mass is 10.2. The van der Waals surface area contributed by atoms with Crippen molar-refractivity contribution in [2.24, 2.45) is 5.73 Å². The van der Waals surface area contributed by atoms with E-state index in [4.69, 9.17) is 10.5 Å². The van der Waals surface area contributed by atoms with Crippen LogP contribution in [0.3, 0.4) is 0 Å². The van der Waals surface area contributed by atoms with Crippen molar-refractivity contribution in [1.29, 1.82) is 0 Å². The van der Waals surface area contributed by atoms with E-state index in [1.54, 1.807) is 7.11 Å². The maximum Gasteiger partial charge on any atom is 0.163 e. The molecule has 0 saturated heterocycles. The Balaban J connectivity index is 2.85. The van der Waals surface area contributed by atoms with E-state index in [9.17, 15) is 0 Å². The molecule has 3 nitrogen and oxygen atoms in total. The molecule has 4 heteroatoms. The minimum Gasteiger partial charge on any atom is -0.385 e. The van der Waals surface area contributed by atoms with Crippen molar-refractivity contribution in [3.63, 3.8) is 0 Å². The first-order valence-electron chi connectivity index (χ1n) is 3.79. The molecule has 0 saturated carbocycles. The number of unbranched alkanes of at least 4 members (excludes halogenated alkanes) is 2. The second-order valence-electron chi connectivity index (χ2n) is 2.34. The monoisotopic (exact) mass is 176 g/mol. The Morgan fingerprint density at radius 3 is 2.73 bits per heavy atom. The molecule has 66 valence electrons. The molecule has 0 rings (SSSR count). The molecule has 0 aromatic rings. The van der Waals surface area contributed by atoms with Crippen molar-refractivity contribution in [3.8, 4) is 0 Å². The van der Waals surface area contributed by atoms with Crippen LogP contribution in [0.5, 0.6) is 0 Å². The van der Waals surface area contributed by atoms with E-state index in [2.05, 4.69) is 17.5 Å². The summed E-state index contributed by atoms with van der Waals surface area (Å²) in [5.41, 5.74) is 5.23. The molecule has 0 atom stereocenters. The third-order valence-electron chi connectivity index (χ3n) is 1.32. The van der Waals surface area contributed by atoms with E-state index in [0.717, 1.165) is 32.4 Å². The van der Waals surface area contributed by atoms with Crippen molar-refractivity contribution < 1.29 is 4.74 Å². The van der Waals surface area contributed by atoms with Crippen LogP contribution >= 0.6 is 12.2 Å². The minimum atomic E-state index is 0.386. The molecule has 0 aliphatic rings. The van der Waals surface area contributed by atoms with Gasteiger partial charge in [0.1, 0.15) is 0 Å². The highest BCUT2D eigenvalue weighted by Crippen LogP contribution is 1.93. The van der Waals surface area contributed by atoms with Gasteiger partial charge < -0.3 is 15.8 Å². The number of hydrogen-bond donors (Lipinski definition) is 2. The van der Waals surface area contributed by atoms with E-state index in [-0.39, 0.29) is 0 Å². The first kappa shape index (κ1) is 10.7. The predicted octanol–water partition coefficient (Wildman–Crippen LogP) is 0.636. The van der Waals surface area contributed by atoms with Gasteiger partial charge in [0.15, 0.2) is 5.11 Å². The smallest absolute Gasteiger partial charge is 0.163 e. The van der Waals surface area contributed by atoms with E-state index in [0.29, 0.717) is 5.11 Å². The minimum absolute atomic E-state index is 0.386. The van der Waals surface area contributed by atoms with Gasteiger partial charge in [0.25, 0.3) is 0 Å². The van der Waals surface area contributed by atoms with Gasteiger partial charge in [-0.25, -0.2) is 0 Å². The summed E-state index contributed by atoms with van der Waals surface area (Å²) < 4.78 is 4.90. The molecule has 0 radical (unpaired) electrons. The Morgan fingerprint density at radius 1 is 1.45 bits per heavy atom. The van der Waals surface area contributed by atoms with Gasteiger partial charge in [0, 0.05) is 20.3 Å². The first-order valence-corrected chi connectivity index (χ1v) is 4.20. The number of hydrogen-bond acceptors (Lipinski definition) is 2. The third-order valence-corrected chi connectivity index (χ3v) is 1.47. The van der Waals surface area contributed by atoms with Crippen molar-refractivity contribution in [1.82, 2.24) is 5.32 Å². The summed E-state index contributed by atoms with van der Waals surface area (Å²) in [6.07, 6.45) is 3.36. The number of ether oxygens (including phenoxy) is 1. The van der Waals surface area contributed by atoms with Crippen molar-refractivity contribution in [2.45, 2.75) is 19.3 Å². The average molecular weight is 176 g/mol. The molecule has 3 N–H and O–H groups in total. The van der Waals surface area contributed by atoms with Crippen molar-refractivity contribution in [2.75, 3.05) is 20.3 Å². The number of methoxy groups -OCH3 is 1. The maximum atomic E-state index is 5.23. The molecule has 0 bridgehead atoms. The van der Waals surface area contributed by atoms with Gasteiger partial charge in [-0.1, -0.05) is 0 Å². The molecule has 0 fully saturated rings. The first-order chi connectivity index (χ1) is 5.27. The van der Waals surface area contributed by atoms with Crippen LogP contribution in [0.1, 0.15) is 19.3 Å². The summed E-state index contributed by atoms with van der Waals surface area (Å²) in [6, 6.07) is 0. The van der Waals surface area contributed by atoms with Crippen LogP contribution in [0.25, 0.3) is 0 Å². The molecule has 0 unspecified atom stereocenters. The van der Waals surface area contributed by atoms with Crippen LogP contribution in [0.2, 0.25) is 0 Å². The molecule has 0 aliphatic heterocycles. The van der Waals surface area contributed by atoms with Crippen molar-refractivity contribution in [3.05, 3.63) is 0 Å². The number of rotatable bonds is 6. The molecule has 0 amide bonds. The Hall–Kier alpha value is -0.350. The van der Waals surface area contributed by atoms with Crippen LogP contribution in [0, 0.1) is 0 Å². The summed E-state index contributed by atoms with van der Waals surface area (Å²) in [7, 11) is 1.72. The second-order valence-corrected chi connectivity index (χ2v) is 2.78. The van der Waals surface area contributed by atoms with Gasteiger partial charge in [-0.3, -0.25) is 0 Å². The zero-order valence-corrected chi connectivity index (χ0v) is 7.75. The Bertz CT molecular complexity index is 109. The fraction of sp³-hybridized carbons (Fsp3) is 0.857. The lowest BCUT2D eigenvalue weighted by Gasteiger charge is -2.02. The lowest BCUT2D eigenvalue weighted by Crippen LogP contribution is -2.29. The third kappa shape index (κ3) is 9.65.